The minimum absolute atomic E-state index is 0.0344. The van der Waals surface area contributed by atoms with Gasteiger partial charge >= 0.3 is 0 Å². The van der Waals surface area contributed by atoms with Crippen molar-refractivity contribution in [3.63, 3.8) is 0 Å². The maximum Gasteiger partial charge on any atom is 0.270 e. The first-order valence-electron chi connectivity index (χ1n) is 8.28. The fraction of sp³-hybridized carbons (Fsp3) is 0.0952. The normalized spacial score (nSPS) is 14.8. The minimum atomic E-state index is -1.33. The van der Waals surface area contributed by atoms with E-state index in [0.717, 1.165) is 11.8 Å². The predicted molar refractivity (Wildman–Crippen MR) is 114 cm³/mol. The summed E-state index contributed by atoms with van der Waals surface area (Å²) in [6, 6.07) is 11.1. The van der Waals surface area contributed by atoms with Gasteiger partial charge in [0.1, 0.15) is 6.61 Å². The Bertz CT molecular complexity index is 1070. The van der Waals surface area contributed by atoms with E-state index in [0.29, 0.717) is 32.0 Å². The van der Waals surface area contributed by atoms with E-state index in [1.807, 2.05) is 0 Å². The van der Waals surface area contributed by atoms with Crippen molar-refractivity contribution in [2.45, 2.75) is 0 Å². The Morgan fingerprint density at radius 1 is 1.31 bits per heavy atom. The molecule has 0 aliphatic carbocycles. The van der Waals surface area contributed by atoms with Gasteiger partial charge in [0.15, 0.2) is 15.8 Å². The van der Waals surface area contributed by atoms with E-state index >= 15 is 0 Å². The summed E-state index contributed by atoms with van der Waals surface area (Å²) in [5.74, 6) is 1.69. The van der Waals surface area contributed by atoms with Crippen LogP contribution in [0, 0.1) is 12.3 Å². The second kappa shape index (κ2) is 8.82. The number of hydrogen-bond donors (Lipinski definition) is 0. The van der Waals surface area contributed by atoms with Crippen molar-refractivity contribution in [3.8, 4) is 23.8 Å². The Kier molecular flexibility index (Phi) is 6.22. The molecule has 0 spiro atoms. The first-order valence-corrected chi connectivity index (χ1v) is 9.50. The van der Waals surface area contributed by atoms with Crippen LogP contribution in [-0.2, 0) is 4.79 Å². The molecule has 1 aliphatic heterocycles. The Morgan fingerprint density at radius 3 is 2.79 bits per heavy atom. The van der Waals surface area contributed by atoms with Gasteiger partial charge in [-0.25, -0.2) is 0 Å². The SMILES string of the molecule is C#CCOc1ccc(/C=C2/SC(=S)N(c3cccc(C(=O)[O-])c3)C2=O)cc1OC. The third kappa shape index (κ3) is 4.42. The molecule has 0 radical (unpaired) electrons. The Morgan fingerprint density at radius 2 is 2.10 bits per heavy atom. The average molecular weight is 424 g/mol. The van der Waals surface area contributed by atoms with E-state index in [-0.39, 0.29) is 18.1 Å². The predicted octanol–water partition coefficient (Wildman–Crippen LogP) is 2.48. The topological polar surface area (TPSA) is 78.9 Å². The number of amides is 1. The molecule has 0 unspecified atom stereocenters. The lowest BCUT2D eigenvalue weighted by Gasteiger charge is -2.15. The number of anilines is 1. The number of carboxylic acids is 1. The Hall–Kier alpha value is -3.28. The summed E-state index contributed by atoms with van der Waals surface area (Å²) in [4.78, 5) is 25.7. The summed E-state index contributed by atoms with van der Waals surface area (Å²) in [6.07, 6.45) is 6.88. The minimum Gasteiger partial charge on any atom is -0.545 e. The van der Waals surface area contributed by atoms with Gasteiger partial charge in [0.2, 0.25) is 0 Å². The van der Waals surface area contributed by atoms with Gasteiger partial charge < -0.3 is 19.4 Å². The van der Waals surface area contributed by atoms with Gasteiger partial charge in [0.05, 0.1) is 23.7 Å². The van der Waals surface area contributed by atoms with Crippen LogP contribution in [0.5, 0.6) is 11.5 Å². The fourth-order valence-electron chi connectivity index (χ4n) is 2.63. The molecule has 1 fully saturated rings. The molecule has 29 heavy (non-hydrogen) atoms. The maximum atomic E-state index is 12.9. The molecule has 1 heterocycles. The van der Waals surface area contributed by atoms with Gasteiger partial charge in [0, 0.05) is 0 Å². The van der Waals surface area contributed by atoms with Crippen molar-refractivity contribution in [2.24, 2.45) is 0 Å². The molecule has 6 nitrogen and oxygen atoms in total. The van der Waals surface area contributed by atoms with E-state index in [9.17, 15) is 14.7 Å². The smallest absolute Gasteiger partial charge is 0.270 e. The van der Waals surface area contributed by atoms with Crippen LogP contribution in [0.4, 0.5) is 5.69 Å². The number of terminal acetylenes is 1. The third-order valence-electron chi connectivity index (χ3n) is 3.93. The number of hydrogen-bond acceptors (Lipinski definition) is 7. The molecule has 0 atom stereocenters. The monoisotopic (exact) mass is 424 g/mol. The standard InChI is InChI=1S/C21H15NO5S2/c1-3-9-27-16-8-7-13(10-17(16)26-2)11-18-19(23)22(21(28)29-18)15-6-4-5-14(12-15)20(24)25/h1,4-8,10-12H,9H2,2H3,(H,24,25)/p-1/b18-11+. The molecule has 0 aromatic heterocycles. The van der Waals surface area contributed by atoms with Crippen LogP contribution in [-0.4, -0.2) is 29.9 Å². The molecule has 0 saturated carbocycles. The van der Waals surface area contributed by atoms with Gasteiger partial charge in [0.25, 0.3) is 5.91 Å². The number of methoxy groups -OCH3 is 1. The third-order valence-corrected chi connectivity index (χ3v) is 5.23. The number of ether oxygens (including phenoxy) is 2. The number of benzene rings is 2. The summed E-state index contributed by atoms with van der Waals surface area (Å²) < 4.78 is 11.0. The highest BCUT2D eigenvalue weighted by Gasteiger charge is 2.33. The van der Waals surface area contributed by atoms with Crippen LogP contribution >= 0.6 is 24.0 Å². The van der Waals surface area contributed by atoms with Crippen LogP contribution in [0.3, 0.4) is 0 Å². The number of carboxylic acid groups (broad SMARTS) is 1. The van der Waals surface area contributed by atoms with Crippen molar-refractivity contribution < 1.29 is 24.2 Å². The fourth-order valence-corrected chi connectivity index (χ4v) is 3.93. The summed E-state index contributed by atoms with van der Waals surface area (Å²) >= 11 is 6.44. The van der Waals surface area contributed by atoms with Gasteiger partial charge in [-0.2, -0.15) is 0 Å². The second-order valence-corrected chi connectivity index (χ2v) is 7.43. The molecule has 146 valence electrons. The molecule has 3 rings (SSSR count). The zero-order valence-electron chi connectivity index (χ0n) is 15.2. The molecule has 1 amide bonds. The number of thiocarbonyl (C=S) groups is 1. The van der Waals surface area contributed by atoms with Gasteiger partial charge in [-0.1, -0.05) is 48.1 Å². The highest BCUT2D eigenvalue weighted by Crippen LogP contribution is 2.37. The van der Waals surface area contributed by atoms with Crippen molar-refractivity contribution >= 4 is 51.9 Å². The highest BCUT2D eigenvalue weighted by molar-refractivity contribution is 8.27. The summed E-state index contributed by atoms with van der Waals surface area (Å²) in [7, 11) is 1.51. The number of carbonyl (C=O) groups excluding carboxylic acids is 2. The van der Waals surface area contributed by atoms with Gasteiger partial charge in [-0.05, 0) is 41.5 Å². The van der Waals surface area contributed by atoms with Crippen molar-refractivity contribution in [1.29, 1.82) is 0 Å². The molecule has 1 aliphatic rings. The van der Waals surface area contributed by atoms with Crippen molar-refractivity contribution in [2.75, 3.05) is 18.6 Å². The Balaban J connectivity index is 1.89. The lowest BCUT2D eigenvalue weighted by atomic mass is 10.1. The van der Waals surface area contributed by atoms with Crippen molar-refractivity contribution in [3.05, 3.63) is 58.5 Å². The lowest BCUT2D eigenvalue weighted by molar-refractivity contribution is -0.255. The molecule has 2 aromatic rings. The van der Waals surface area contributed by atoms with Crippen LogP contribution in [0.15, 0.2) is 47.4 Å². The van der Waals surface area contributed by atoms with Gasteiger partial charge in [-0.15, -0.1) is 6.42 Å². The number of nitrogens with zero attached hydrogens (tertiary/aromatic N) is 1. The van der Waals surface area contributed by atoms with Gasteiger partial charge in [-0.3, -0.25) is 9.69 Å². The average Bonchev–Trinajstić information content (AvgIpc) is 2.99. The van der Waals surface area contributed by atoms with Crippen molar-refractivity contribution in [1.82, 2.24) is 0 Å². The zero-order valence-corrected chi connectivity index (χ0v) is 16.8. The number of thioether (sulfide) groups is 1. The largest absolute Gasteiger partial charge is 0.545 e. The molecule has 8 heteroatoms. The van der Waals surface area contributed by atoms with E-state index in [1.165, 1.54) is 30.2 Å². The van der Waals surface area contributed by atoms with Crippen LogP contribution in [0.25, 0.3) is 6.08 Å². The highest BCUT2D eigenvalue weighted by atomic mass is 32.2. The van der Waals surface area contributed by atoms with Crippen LogP contribution < -0.4 is 19.5 Å². The quantitative estimate of drug-likeness (QED) is 0.400. The zero-order chi connectivity index (χ0) is 21.0. The first kappa shape index (κ1) is 20.5. The van der Waals surface area contributed by atoms with Crippen LogP contribution in [0.2, 0.25) is 0 Å². The lowest BCUT2D eigenvalue weighted by Crippen LogP contribution is -2.28. The maximum absolute atomic E-state index is 12.9. The number of aromatic carboxylic acids is 1. The van der Waals surface area contributed by atoms with E-state index in [2.05, 4.69) is 5.92 Å². The molecule has 0 N–H and O–H groups in total. The molecule has 0 bridgehead atoms. The summed E-state index contributed by atoms with van der Waals surface area (Å²) in [5.41, 5.74) is 1.04. The second-order valence-electron chi connectivity index (χ2n) is 5.76. The van der Waals surface area contributed by atoms with Crippen LogP contribution in [0.1, 0.15) is 15.9 Å². The molecule has 2 aromatic carbocycles. The first-order chi connectivity index (χ1) is 13.9. The summed E-state index contributed by atoms with van der Waals surface area (Å²) in [6.45, 7) is 0.110. The molecular weight excluding hydrogens is 410 g/mol. The molecule has 1 saturated heterocycles. The number of carbonyl (C=O) groups is 2. The summed E-state index contributed by atoms with van der Waals surface area (Å²) in [5, 5.41) is 11.1. The van der Waals surface area contributed by atoms with E-state index < -0.39 is 5.97 Å². The van der Waals surface area contributed by atoms with E-state index in [1.54, 1.807) is 30.3 Å². The number of rotatable bonds is 6. The molecular formula is C21H14NO5S2-. The van der Waals surface area contributed by atoms with E-state index in [4.69, 9.17) is 28.1 Å². The Labute approximate surface area is 177 Å².